The molecule has 2 amide bonds. The molecule has 3 N–H and O–H groups in total. The summed E-state index contributed by atoms with van der Waals surface area (Å²) in [7, 11) is 0. The Morgan fingerprint density at radius 2 is 2.20 bits per heavy atom. The molecular weight excluding hydrogens is 365 g/mol. The third-order valence-corrected chi connectivity index (χ3v) is 4.28. The normalized spacial score (nSPS) is 17.2. The first-order chi connectivity index (χ1) is 11.4. The number of nitrogens with zero attached hydrogens (tertiary/aromatic N) is 3. The van der Waals surface area contributed by atoms with E-state index < -0.39 is 0 Å². The Balaban J connectivity index is 0.00000312. The molecule has 2 rings (SSSR count). The van der Waals surface area contributed by atoms with Crippen LogP contribution in [-0.4, -0.2) is 52.9 Å². The number of carbonyl (C=O) groups excluding carboxylic acids is 2. The molecule has 1 saturated heterocycles. The molecule has 1 fully saturated rings. The molecule has 0 radical (unpaired) electrons. The smallest absolute Gasteiger partial charge is 0.274 e. The van der Waals surface area contributed by atoms with Gasteiger partial charge in [-0.2, -0.15) is 0 Å². The molecule has 0 bridgehead atoms. The Kier molecular flexibility index (Phi) is 8.55. The van der Waals surface area contributed by atoms with E-state index in [1.807, 2.05) is 13.8 Å². The summed E-state index contributed by atoms with van der Waals surface area (Å²) in [6.07, 6.45) is 2.99. The highest BCUT2D eigenvalue weighted by Gasteiger charge is 2.30. The SMILES string of the molecule is CC(C)c1ncc(Cl)c(C(=O)N2CCCC(C(=O)NCCN)C2)n1.Cl. The van der Waals surface area contributed by atoms with Gasteiger partial charge in [0.05, 0.1) is 17.1 Å². The molecule has 1 aromatic rings. The van der Waals surface area contributed by atoms with Gasteiger partial charge in [0.25, 0.3) is 5.91 Å². The van der Waals surface area contributed by atoms with E-state index in [0.29, 0.717) is 32.0 Å². The molecule has 0 aromatic carbocycles. The molecule has 9 heteroatoms. The minimum Gasteiger partial charge on any atom is -0.355 e. The molecule has 0 saturated carbocycles. The summed E-state index contributed by atoms with van der Waals surface area (Å²) in [5, 5.41) is 3.02. The fraction of sp³-hybridized carbons (Fsp3) is 0.625. The van der Waals surface area contributed by atoms with Crippen LogP contribution in [0.25, 0.3) is 0 Å². The molecule has 25 heavy (non-hydrogen) atoms. The Bertz CT molecular complexity index is 612. The van der Waals surface area contributed by atoms with E-state index in [4.69, 9.17) is 17.3 Å². The third kappa shape index (κ3) is 5.52. The zero-order chi connectivity index (χ0) is 17.7. The van der Waals surface area contributed by atoms with Crippen LogP contribution in [0.5, 0.6) is 0 Å². The van der Waals surface area contributed by atoms with Crippen molar-refractivity contribution in [2.75, 3.05) is 26.2 Å². The summed E-state index contributed by atoms with van der Waals surface area (Å²) < 4.78 is 0. The fourth-order valence-corrected chi connectivity index (χ4v) is 2.85. The number of hydrogen-bond donors (Lipinski definition) is 2. The van der Waals surface area contributed by atoms with E-state index in [1.54, 1.807) is 4.90 Å². The average Bonchev–Trinajstić information content (AvgIpc) is 2.59. The lowest BCUT2D eigenvalue weighted by Crippen LogP contribution is -2.46. The van der Waals surface area contributed by atoms with Crippen LogP contribution in [0.3, 0.4) is 0 Å². The number of halogens is 2. The van der Waals surface area contributed by atoms with Crippen LogP contribution in [0.15, 0.2) is 6.20 Å². The Labute approximate surface area is 159 Å². The lowest BCUT2D eigenvalue weighted by atomic mass is 9.97. The Morgan fingerprint density at radius 1 is 1.48 bits per heavy atom. The number of nitrogens with two attached hydrogens (primary N) is 1. The van der Waals surface area contributed by atoms with Crippen LogP contribution in [0, 0.1) is 5.92 Å². The van der Waals surface area contributed by atoms with E-state index in [2.05, 4.69) is 15.3 Å². The molecule has 1 aliphatic rings. The topological polar surface area (TPSA) is 101 Å². The molecule has 1 unspecified atom stereocenters. The second-order valence-corrected chi connectivity index (χ2v) is 6.66. The van der Waals surface area contributed by atoms with Gasteiger partial charge in [0, 0.05) is 32.1 Å². The number of nitrogens with one attached hydrogen (secondary N) is 1. The van der Waals surface area contributed by atoms with Gasteiger partial charge in [0.1, 0.15) is 5.82 Å². The molecule has 7 nitrogen and oxygen atoms in total. The van der Waals surface area contributed by atoms with E-state index in [1.165, 1.54) is 6.20 Å². The molecular formula is C16H25Cl2N5O2. The van der Waals surface area contributed by atoms with Crippen molar-refractivity contribution in [3.05, 3.63) is 22.7 Å². The van der Waals surface area contributed by atoms with Crippen LogP contribution < -0.4 is 11.1 Å². The summed E-state index contributed by atoms with van der Waals surface area (Å²) >= 11 is 6.12. The maximum absolute atomic E-state index is 12.8. The summed E-state index contributed by atoms with van der Waals surface area (Å²) in [6, 6.07) is 0. The second-order valence-electron chi connectivity index (χ2n) is 6.25. The molecule has 1 aromatic heterocycles. The maximum atomic E-state index is 12.8. The summed E-state index contributed by atoms with van der Waals surface area (Å²) in [5.74, 6) is 0.150. The molecule has 140 valence electrons. The van der Waals surface area contributed by atoms with Gasteiger partial charge in [-0.05, 0) is 12.8 Å². The highest BCUT2D eigenvalue weighted by atomic mass is 35.5. The fourth-order valence-electron chi connectivity index (χ4n) is 2.67. The number of likely N-dealkylation sites (tertiary alicyclic amines) is 1. The van der Waals surface area contributed by atoms with Crippen LogP contribution >= 0.6 is 24.0 Å². The third-order valence-electron chi connectivity index (χ3n) is 4.00. The highest BCUT2D eigenvalue weighted by molar-refractivity contribution is 6.33. The monoisotopic (exact) mass is 389 g/mol. The van der Waals surface area contributed by atoms with Crippen molar-refractivity contribution in [3.8, 4) is 0 Å². The van der Waals surface area contributed by atoms with Gasteiger partial charge in [-0.3, -0.25) is 9.59 Å². The number of amides is 2. The van der Waals surface area contributed by atoms with Crippen molar-refractivity contribution in [3.63, 3.8) is 0 Å². The van der Waals surface area contributed by atoms with Crippen LogP contribution in [-0.2, 0) is 4.79 Å². The minimum absolute atomic E-state index is 0. The lowest BCUT2D eigenvalue weighted by molar-refractivity contribution is -0.126. The number of piperidine rings is 1. The van der Waals surface area contributed by atoms with E-state index in [0.717, 1.165) is 12.8 Å². The number of rotatable bonds is 5. The summed E-state index contributed by atoms with van der Waals surface area (Å²) in [6.45, 7) is 5.71. The van der Waals surface area contributed by atoms with Crippen molar-refractivity contribution in [1.29, 1.82) is 0 Å². The quantitative estimate of drug-likeness (QED) is 0.795. The summed E-state index contributed by atoms with van der Waals surface area (Å²) in [5.41, 5.74) is 5.61. The Hall–Kier alpha value is -1.44. The van der Waals surface area contributed by atoms with Crippen molar-refractivity contribution >= 4 is 35.8 Å². The average molecular weight is 390 g/mol. The van der Waals surface area contributed by atoms with Crippen LogP contribution in [0.1, 0.15) is 48.9 Å². The van der Waals surface area contributed by atoms with Crippen molar-refractivity contribution < 1.29 is 9.59 Å². The molecule has 0 aliphatic carbocycles. The molecule has 1 atom stereocenters. The zero-order valence-corrected chi connectivity index (χ0v) is 16.1. The van der Waals surface area contributed by atoms with Gasteiger partial charge in [0.2, 0.25) is 5.91 Å². The van der Waals surface area contributed by atoms with E-state index >= 15 is 0 Å². The zero-order valence-electron chi connectivity index (χ0n) is 14.5. The first kappa shape index (κ1) is 21.6. The highest BCUT2D eigenvalue weighted by Crippen LogP contribution is 2.22. The van der Waals surface area contributed by atoms with Gasteiger partial charge in [-0.15, -0.1) is 12.4 Å². The second kappa shape index (κ2) is 9.89. The number of carbonyl (C=O) groups is 2. The molecule has 0 spiro atoms. The maximum Gasteiger partial charge on any atom is 0.274 e. The van der Waals surface area contributed by atoms with Crippen molar-refractivity contribution in [1.82, 2.24) is 20.2 Å². The first-order valence-corrected chi connectivity index (χ1v) is 8.61. The van der Waals surface area contributed by atoms with E-state index in [-0.39, 0.29) is 46.8 Å². The minimum atomic E-state index is -0.249. The van der Waals surface area contributed by atoms with Gasteiger partial charge in [-0.25, -0.2) is 9.97 Å². The largest absolute Gasteiger partial charge is 0.355 e. The summed E-state index contributed by atoms with van der Waals surface area (Å²) in [4.78, 5) is 35.0. The predicted molar refractivity (Wildman–Crippen MR) is 99.1 cm³/mol. The van der Waals surface area contributed by atoms with Gasteiger partial charge >= 0.3 is 0 Å². The van der Waals surface area contributed by atoms with Crippen LogP contribution in [0.2, 0.25) is 5.02 Å². The standard InChI is InChI=1S/C16H24ClN5O2.ClH/c1-10(2)14-20-8-12(17)13(21-14)16(24)22-7-3-4-11(9-22)15(23)19-6-5-18;/h8,10-11H,3-7,9,18H2,1-2H3,(H,19,23);1H. The van der Waals surface area contributed by atoms with Crippen molar-refractivity contribution in [2.45, 2.75) is 32.6 Å². The van der Waals surface area contributed by atoms with Crippen molar-refractivity contribution in [2.24, 2.45) is 11.7 Å². The predicted octanol–water partition coefficient (Wildman–Crippen LogP) is 1.60. The number of hydrogen-bond acceptors (Lipinski definition) is 5. The Morgan fingerprint density at radius 3 is 2.84 bits per heavy atom. The van der Waals surface area contributed by atoms with Gasteiger partial charge < -0.3 is 16.0 Å². The van der Waals surface area contributed by atoms with Crippen LogP contribution in [0.4, 0.5) is 0 Å². The molecule has 1 aliphatic heterocycles. The molecule has 2 heterocycles. The van der Waals surface area contributed by atoms with Gasteiger partial charge in [0.15, 0.2) is 5.69 Å². The number of aromatic nitrogens is 2. The van der Waals surface area contributed by atoms with E-state index in [9.17, 15) is 9.59 Å². The lowest BCUT2D eigenvalue weighted by Gasteiger charge is -2.32. The first-order valence-electron chi connectivity index (χ1n) is 8.23. The van der Waals surface area contributed by atoms with Gasteiger partial charge in [-0.1, -0.05) is 25.4 Å².